The van der Waals surface area contributed by atoms with Crippen molar-refractivity contribution < 1.29 is 19.1 Å². The van der Waals surface area contributed by atoms with Gasteiger partial charge in [0.1, 0.15) is 12.4 Å². The first-order valence-corrected chi connectivity index (χ1v) is 8.91. The maximum absolute atomic E-state index is 12.4. The fraction of sp³-hybridized carbons (Fsp3) is 0.556. The molecule has 140 valence electrons. The molecule has 6 nitrogen and oxygen atoms in total. The van der Waals surface area contributed by atoms with Crippen LogP contribution >= 0.6 is 11.6 Å². The molecular weight excluding hydrogens is 344 g/mol. The third kappa shape index (κ3) is 8.63. The number of carbonyl (C=O) groups is 2. The summed E-state index contributed by atoms with van der Waals surface area (Å²) in [5.74, 6) is 1.27. The molecule has 0 bridgehead atoms. The SMILES string of the molecule is CC(C)CN(CC(C)C)C(=O)Oc1cccc(NC(=O)OCCCl)c1. The van der Waals surface area contributed by atoms with E-state index < -0.39 is 12.2 Å². The van der Waals surface area contributed by atoms with Crippen molar-refractivity contribution >= 4 is 29.5 Å². The van der Waals surface area contributed by atoms with Crippen molar-refractivity contribution in [3.8, 4) is 5.75 Å². The van der Waals surface area contributed by atoms with E-state index in [0.29, 0.717) is 36.4 Å². The van der Waals surface area contributed by atoms with Crippen LogP contribution in [0.1, 0.15) is 27.7 Å². The lowest BCUT2D eigenvalue weighted by Crippen LogP contribution is -2.38. The molecule has 0 saturated heterocycles. The number of anilines is 1. The lowest BCUT2D eigenvalue weighted by Gasteiger charge is -2.25. The van der Waals surface area contributed by atoms with E-state index in [0.717, 1.165) is 0 Å². The third-order valence-corrected chi connectivity index (χ3v) is 3.18. The number of nitrogens with zero attached hydrogens (tertiary/aromatic N) is 1. The van der Waals surface area contributed by atoms with E-state index in [1.54, 1.807) is 29.2 Å². The Morgan fingerprint density at radius 1 is 1.16 bits per heavy atom. The quantitative estimate of drug-likeness (QED) is 0.680. The summed E-state index contributed by atoms with van der Waals surface area (Å²) < 4.78 is 10.3. The van der Waals surface area contributed by atoms with Gasteiger partial charge in [0.15, 0.2) is 0 Å². The molecule has 2 amide bonds. The topological polar surface area (TPSA) is 67.9 Å². The van der Waals surface area contributed by atoms with E-state index in [1.165, 1.54) is 0 Å². The largest absolute Gasteiger partial charge is 0.448 e. The molecule has 0 fully saturated rings. The molecule has 0 spiro atoms. The number of halogens is 1. The monoisotopic (exact) mass is 370 g/mol. The second-order valence-corrected chi connectivity index (χ2v) is 6.92. The zero-order chi connectivity index (χ0) is 18.8. The summed E-state index contributed by atoms with van der Waals surface area (Å²) in [7, 11) is 0. The van der Waals surface area contributed by atoms with Crippen molar-refractivity contribution in [2.45, 2.75) is 27.7 Å². The minimum absolute atomic E-state index is 0.126. The predicted octanol–water partition coefficient (Wildman–Crippen LogP) is 4.59. The van der Waals surface area contributed by atoms with Crippen LogP contribution in [0.4, 0.5) is 15.3 Å². The third-order valence-electron chi connectivity index (χ3n) is 3.03. The summed E-state index contributed by atoms with van der Waals surface area (Å²) in [6, 6.07) is 6.60. The number of ether oxygens (including phenoxy) is 2. The smallest absolute Gasteiger partial charge is 0.415 e. The molecule has 0 aromatic heterocycles. The van der Waals surface area contributed by atoms with Crippen molar-refractivity contribution in [2.75, 3.05) is 30.9 Å². The molecule has 0 atom stereocenters. The van der Waals surface area contributed by atoms with Gasteiger partial charge in [-0.1, -0.05) is 33.8 Å². The number of nitrogens with one attached hydrogen (secondary N) is 1. The zero-order valence-corrected chi connectivity index (χ0v) is 16.0. The van der Waals surface area contributed by atoms with Gasteiger partial charge in [-0.05, 0) is 24.0 Å². The summed E-state index contributed by atoms with van der Waals surface area (Å²) in [5.41, 5.74) is 0.476. The highest BCUT2D eigenvalue weighted by molar-refractivity contribution is 6.18. The lowest BCUT2D eigenvalue weighted by atomic mass is 10.1. The highest BCUT2D eigenvalue weighted by Crippen LogP contribution is 2.19. The predicted molar refractivity (Wildman–Crippen MR) is 99.4 cm³/mol. The van der Waals surface area contributed by atoms with Gasteiger partial charge < -0.3 is 14.4 Å². The van der Waals surface area contributed by atoms with Gasteiger partial charge in [0.2, 0.25) is 0 Å². The van der Waals surface area contributed by atoms with E-state index in [2.05, 4.69) is 33.0 Å². The van der Waals surface area contributed by atoms with Gasteiger partial charge in [-0.15, -0.1) is 11.6 Å². The lowest BCUT2D eigenvalue weighted by molar-refractivity contribution is 0.140. The van der Waals surface area contributed by atoms with E-state index in [1.807, 2.05) is 0 Å². The molecule has 1 rings (SSSR count). The Kier molecular flexibility index (Phi) is 9.13. The maximum Gasteiger partial charge on any atom is 0.415 e. The molecule has 0 unspecified atom stereocenters. The van der Waals surface area contributed by atoms with Crippen LogP contribution in [0.15, 0.2) is 24.3 Å². The average Bonchev–Trinajstić information content (AvgIpc) is 2.51. The number of carbonyl (C=O) groups excluding carboxylic acids is 2. The van der Waals surface area contributed by atoms with Crippen LogP contribution in [-0.4, -0.2) is 42.7 Å². The Bertz CT molecular complexity index is 554. The summed E-state index contributed by atoms with van der Waals surface area (Å²) in [6.45, 7) is 9.59. The molecule has 0 aliphatic carbocycles. The first-order chi connectivity index (χ1) is 11.8. The Balaban J connectivity index is 2.72. The van der Waals surface area contributed by atoms with Crippen molar-refractivity contribution in [2.24, 2.45) is 11.8 Å². The molecule has 1 N–H and O–H groups in total. The van der Waals surface area contributed by atoms with Crippen LogP contribution in [0, 0.1) is 11.8 Å². The van der Waals surface area contributed by atoms with E-state index in [4.69, 9.17) is 21.1 Å². The molecule has 0 aliphatic heterocycles. The van der Waals surface area contributed by atoms with Gasteiger partial charge >= 0.3 is 12.2 Å². The number of benzene rings is 1. The Hall–Kier alpha value is -1.95. The van der Waals surface area contributed by atoms with Crippen molar-refractivity contribution in [3.05, 3.63) is 24.3 Å². The molecule has 25 heavy (non-hydrogen) atoms. The second-order valence-electron chi connectivity index (χ2n) is 6.54. The van der Waals surface area contributed by atoms with Crippen LogP contribution in [0.25, 0.3) is 0 Å². The van der Waals surface area contributed by atoms with Gasteiger partial charge in [0.25, 0.3) is 0 Å². The zero-order valence-electron chi connectivity index (χ0n) is 15.3. The Morgan fingerprint density at radius 3 is 2.36 bits per heavy atom. The Morgan fingerprint density at radius 2 is 1.80 bits per heavy atom. The highest BCUT2D eigenvalue weighted by atomic mass is 35.5. The van der Waals surface area contributed by atoms with Gasteiger partial charge in [0, 0.05) is 24.8 Å². The standard InChI is InChI=1S/C18H27ClN2O4/c1-13(2)11-21(12-14(3)4)18(23)25-16-7-5-6-15(10-16)20-17(22)24-9-8-19/h5-7,10,13-14H,8-9,11-12H2,1-4H3,(H,20,22). The Labute approximate surface area is 154 Å². The first kappa shape index (κ1) is 21.1. The van der Waals surface area contributed by atoms with Gasteiger partial charge in [-0.3, -0.25) is 5.32 Å². The normalized spacial score (nSPS) is 10.7. The minimum atomic E-state index is -0.606. The van der Waals surface area contributed by atoms with Crippen molar-refractivity contribution in [3.63, 3.8) is 0 Å². The summed E-state index contributed by atoms with van der Waals surface area (Å²) in [4.78, 5) is 25.7. The van der Waals surface area contributed by atoms with Gasteiger partial charge in [0.05, 0.1) is 5.88 Å². The van der Waals surface area contributed by atoms with Crippen molar-refractivity contribution in [1.82, 2.24) is 4.90 Å². The maximum atomic E-state index is 12.4. The number of hydrogen-bond donors (Lipinski definition) is 1. The van der Waals surface area contributed by atoms with E-state index >= 15 is 0 Å². The van der Waals surface area contributed by atoms with Crippen LogP contribution in [0.3, 0.4) is 0 Å². The number of amides is 2. The van der Waals surface area contributed by atoms with Crippen LogP contribution < -0.4 is 10.1 Å². The average molecular weight is 371 g/mol. The molecule has 0 aliphatic rings. The summed E-state index contributed by atoms with van der Waals surface area (Å²) in [5, 5.41) is 2.56. The first-order valence-electron chi connectivity index (χ1n) is 8.38. The second kappa shape index (κ2) is 10.8. The molecule has 0 saturated carbocycles. The minimum Gasteiger partial charge on any atom is -0.448 e. The van der Waals surface area contributed by atoms with E-state index in [9.17, 15) is 9.59 Å². The summed E-state index contributed by atoms with van der Waals surface area (Å²) >= 11 is 5.47. The van der Waals surface area contributed by atoms with Gasteiger partial charge in [-0.25, -0.2) is 9.59 Å². The van der Waals surface area contributed by atoms with E-state index in [-0.39, 0.29) is 12.5 Å². The molecular formula is C18H27ClN2O4. The molecule has 0 heterocycles. The number of rotatable bonds is 8. The van der Waals surface area contributed by atoms with Crippen LogP contribution in [0.5, 0.6) is 5.75 Å². The van der Waals surface area contributed by atoms with Crippen LogP contribution in [0.2, 0.25) is 0 Å². The molecule has 7 heteroatoms. The highest BCUT2D eigenvalue weighted by Gasteiger charge is 2.18. The van der Waals surface area contributed by atoms with Crippen LogP contribution in [-0.2, 0) is 4.74 Å². The van der Waals surface area contributed by atoms with Crippen molar-refractivity contribution in [1.29, 1.82) is 0 Å². The molecule has 1 aromatic carbocycles. The fourth-order valence-corrected chi connectivity index (χ4v) is 2.27. The number of alkyl halides is 1. The number of hydrogen-bond acceptors (Lipinski definition) is 4. The molecule has 1 aromatic rings. The molecule has 0 radical (unpaired) electrons. The fourth-order valence-electron chi connectivity index (χ4n) is 2.19. The van der Waals surface area contributed by atoms with Gasteiger partial charge in [-0.2, -0.15) is 0 Å². The summed E-state index contributed by atoms with van der Waals surface area (Å²) in [6.07, 6.45) is -1.00.